The van der Waals surface area contributed by atoms with E-state index in [0.29, 0.717) is 6.54 Å². The van der Waals surface area contributed by atoms with E-state index in [2.05, 4.69) is 22.4 Å². The second kappa shape index (κ2) is 6.22. The highest BCUT2D eigenvalue weighted by Crippen LogP contribution is 2.24. The van der Waals surface area contributed by atoms with Crippen molar-refractivity contribution in [2.45, 2.75) is 19.6 Å². The number of benzene rings is 1. The van der Waals surface area contributed by atoms with Crippen molar-refractivity contribution in [1.29, 1.82) is 0 Å². The average Bonchev–Trinajstić information content (AvgIpc) is 3.05. The van der Waals surface area contributed by atoms with E-state index in [1.54, 1.807) is 11.3 Å². The summed E-state index contributed by atoms with van der Waals surface area (Å²) < 4.78 is 1.95. The van der Waals surface area contributed by atoms with E-state index in [0.717, 1.165) is 41.6 Å². The van der Waals surface area contributed by atoms with Crippen LogP contribution in [0.15, 0.2) is 52.8 Å². The van der Waals surface area contributed by atoms with Gasteiger partial charge in [0.25, 0.3) is 0 Å². The molecule has 122 valence electrons. The van der Waals surface area contributed by atoms with Gasteiger partial charge in [-0.3, -0.25) is 9.69 Å². The van der Waals surface area contributed by atoms with Gasteiger partial charge in [-0.2, -0.15) is 0 Å². The summed E-state index contributed by atoms with van der Waals surface area (Å²) in [5.41, 5.74) is 2.80. The van der Waals surface area contributed by atoms with Gasteiger partial charge in [-0.1, -0.05) is 30.3 Å². The van der Waals surface area contributed by atoms with Gasteiger partial charge in [0.15, 0.2) is 5.75 Å². The molecular formula is C18H17N3O2S. The first-order chi connectivity index (χ1) is 11.7. The molecule has 0 amide bonds. The van der Waals surface area contributed by atoms with E-state index in [-0.39, 0.29) is 11.2 Å². The van der Waals surface area contributed by atoms with Crippen LogP contribution in [-0.2, 0) is 19.6 Å². The Morgan fingerprint density at radius 3 is 2.88 bits per heavy atom. The Bertz CT molecular complexity index is 918. The van der Waals surface area contributed by atoms with Crippen molar-refractivity contribution in [3.05, 3.63) is 69.6 Å². The smallest absolute Gasteiger partial charge is 0.223 e. The second-order valence-electron chi connectivity index (χ2n) is 5.93. The van der Waals surface area contributed by atoms with E-state index < -0.39 is 0 Å². The predicted octanol–water partition coefficient (Wildman–Crippen LogP) is 2.69. The van der Waals surface area contributed by atoms with Crippen LogP contribution in [0.5, 0.6) is 5.75 Å². The topological polar surface area (TPSA) is 58.4 Å². The number of nitrogens with zero attached hydrogens (tertiary/aromatic N) is 3. The fourth-order valence-electron chi connectivity index (χ4n) is 2.96. The summed E-state index contributed by atoms with van der Waals surface area (Å²) in [6.07, 6.45) is 1.53. The lowest BCUT2D eigenvalue weighted by atomic mass is 10.2. The van der Waals surface area contributed by atoms with Crippen LogP contribution >= 0.6 is 11.3 Å². The van der Waals surface area contributed by atoms with Crippen LogP contribution in [0.2, 0.25) is 0 Å². The number of thiazole rings is 1. The van der Waals surface area contributed by atoms with Crippen molar-refractivity contribution in [3.8, 4) is 16.3 Å². The Labute approximate surface area is 143 Å². The molecule has 1 aliphatic heterocycles. The number of hydrogen-bond acceptors (Lipinski definition) is 5. The quantitative estimate of drug-likeness (QED) is 0.797. The minimum atomic E-state index is -0.317. The highest BCUT2D eigenvalue weighted by Gasteiger charge is 2.18. The number of aromatic nitrogens is 2. The molecule has 5 nitrogen and oxygen atoms in total. The van der Waals surface area contributed by atoms with Gasteiger partial charge in [-0.15, -0.1) is 11.3 Å². The molecule has 0 atom stereocenters. The number of fused-ring (bicyclic) bond motifs is 1. The van der Waals surface area contributed by atoms with Crippen LogP contribution in [0.4, 0.5) is 0 Å². The van der Waals surface area contributed by atoms with Crippen LogP contribution in [0.3, 0.4) is 0 Å². The summed E-state index contributed by atoms with van der Waals surface area (Å²) >= 11 is 1.66. The first kappa shape index (κ1) is 15.1. The molecule has 2 aromatic heterocycles. The first-order valence-corrected chi connectivity index (χ1v) is 8.71. The number of hydrogen-bond donors (Lipinski definition) is 1. The molecule has 0 saturated heterocycles. The maximum absolute atomic E-state index is 11.6. The van der Waals surface area contributed by atoms with Crippen molar-refractivity contribution in [2.24, 2.45) is 0 Å². The molecule has 0 bridgehead atoms. The molecule has 0 saturated carbocycles. The van der Waals surface area contributed by atoms with Gasteiger partial charge in [-0.05, 0) is 0 Å². The summed E-state index contributed by atoms with van der Waals surface area (Å²) in [4.78, 5) is 18.6. The van der Waals surface area contributed by atoms with Crippen LogP contribution < -0.4 is 5.43 Å². The van der Waals surface area contributed by atoms with Gasteiger partial charge in [0.05, 0.1) is 11.9 Å². The Morgan fingerprint density at radius 2 is 2.04 bits per heavy atom. The molecule has 0 aliphatic carbocycles. The molecule has 3 aromatic rings. The number of pyridine rings is 1. The Balaban J connectivity index is 1.50. The van der Waals surface area contributed by atoms with Crippen LogP contribution in [-0.4, -0.2) is 26.1 Å². The van der Waals surface area contributed by atoms with E-state index >= 15 is 0 Å². The zero-order valence-corrected chi connectivity index (χ0v) is 13.9. The first-order valence-electron chi connectivity index (χ1n) is 7.83. The van der Waals surface area contributed by atoms with Gasteiger partial charge >= 0.3 is 0 Å². The summed E-state index contributed by atoms with van der Waals surface area (Å²) in [5.74, 6) is -0.181. The minimum absolute atomic E-state index is 0.181. The Morgan fingerprint density at radius 1 is 1.21 bits per heavy atom. The fraction of sp³-hybridized carbons (Fsp3) is 0.222. The third kappa shape index (κ3) is 2.98. The number of rotatable bonds is 3. The summed E-state index contributed by atoms with van der Waals surface area (Å²) in [7, 11) is 0. The molecule has 4 rings (SSSR count). The zero-order valence-electron chi connectivity index (χ0n) is 13.1. The Hall–Kier alpha value is -2.44. The zero-order chi connectivity index (χ0) is 16.5. The van der Waals surface area contributed by atoms with Crippen molar-refractivity contribution < 1.29 is 5.11 Å². The van der Waals surface area contributed by atoms with Gasteiger partial charge in [0, 0.05) is 48.9 Å². The Kier molecular flexibility index (Phi) is 3.92. The third-order valence-electron chi connectivity index (χ3n) is 4.20. The number of aromatic hydroxyl groups is 1. The van der Waals surface area contributed by atoms with E-state index in [9.17, 15) is 9.90 Å². The maximum Gasteiger partial charge on any atom is 0.223 e. The molecule has 24 heavy (non-hydrogen) atoms. The summed E-state index contributed by atoms with van der Waals surface area (Å²) in [6, 6.07) is 11.7. The van der Waals surface area contributed by atoms with Crippen molar-refractivity contribution >= 4 is 11.3 Å². The summed E-state index contributed by atoms with van der Waals surface area (Å²) in [5, 5.41) is 12.7. The highest BCUT2D eigenvalue weighted by atomic mass is 32.1. The lowest BCUT2D eigenvalue weighted by molar-refractivity contribution is 0.208. The lowest BCUT2D eigenvalue weighted by Crippen LogP contribution is -2.34. The molecule has 6 heteroatoms. The normalized spacial score (nSPS) is 14.5. The predicted molar refractivity (Wildman–Crippen MR) is 94.0 cm³/mol. The molecule has 0 radical (unpaired) electrons. The van der Waals surface area contributed by atoms with E-state index in [4.69, 9.17) is 4.98 Å². The van der Waals surface area contributed by atoms with E-state index in [1.807, 2.05) is 22.8 Å². The van der Waals surface area contributed by atoms with Crippen molar-refractivity contribution in [1.82, 2.24) is 14.5 Å². The van der Waals surface area contributed by atoms with Gasteiger partial charge in [0.1, 0.15) is 5.01 Å². The fourth-order valence-corrected chi connectivity index (χ4v) is 3.78. The average molecular weight is 339 g/mol. The van der Waals surface area contributed by atoms with Crippen LogP contribution in [0, 0.1) is 0 Å². The second-order valence-corrected chi connectivity index (χ2v) is 6.79. The molecular weight excluding hydrogens is 322 g/mol. The summed E-state index contributed by atoms with van der Waals surface area (Å²) in [6.45, 7) is 3.08. The molecule has 0 spiro atoms. The standard InChI is InChI=1S/C18H17N3O2S/c22-16-8-15-10-20(6-7-21(15)11-17(16)23)9-14-12-24-18(19-14)13-4-2-1-3-5-13/h1-5,8,11-12,23H,6-7,9-10H2. The van der Waals surface area contributed by atoms with Crippen molar-refractivity contribution in [2.75, 3.05) is 6.54 Å². The monoisotopic (exact) mass is 339 g/mol. The van der Waals surface area contributed by atoms with Crippen LogP contribution in [0.25, 0.3) is 10.6 Å². The van der Waals surface area contributed by atoms with Gasteiger partial charge in [0.2, 0.25) is 5.43 Å². The highest BCUT2D eigenvalue weighted by molar-refractivity contribution is 7.13. The molecule has 3 heterocycles. The molecule has 1 aliphatic rings. The maximum atomic E-state index is 11.6. The van der Waals surface area contributed by atoms with Crippen molar-refractivity contribution in [3.63, 3.8) is 0 Å². The lowest BCUT2D eigenvalue weighted by Gasteiger charge is -2.29. The minimum Gasteiger partial charge on any atom is -0.503 e. The van der Waals surface area contributed by atoms with Crippen LogP contribution in [0.1, 0.15) is 11.4 Å². The molecule has 0 unspecified atom stereocenters. The molecule has 0 fully saturated rings. The molecule has 1 aromatic carbocycles. The van der Waals surface area contributed by atoms with E-state index in [1.165, 1.54) is 12.3 Å². The SMILES string of the molecule is O=c1cc2n(cc1O)CCN(Cc1csc(-c3ccccc3)n1)C2. The third-order valence-corrected chi connectivity index (χ3v) is 5.14. The van der Waals surface area contributed by atoms with Gasteiger partial charge < -0.3 is 9.67 Å². The molecule has 1 N–H and O–H groups in total. The van der Waals surface area contributed by atoms with Gasteiger partial charge in [-0.25, -0.2) is 4.98 Å². The largest absolute Gasteiger partial charge is 0.503 e.